The van der Waals surface area contributed by atoms with Gasteiger partial charge in [0.15, 0.2) is 11.2 Å². The topological polar surface area (TPSA) is 205 Å². The van der Waals surface area contributed by atoms with E-state index in [1.54, 1.807) is 0 Å². The predicted molar refractivity (Wildman–Crippen MR) is 78.5 cm³/mol. The number of aliphatic carboxylic acids is 2. The highest BCUT2D eigenvalue weighted by atomic mass is 16.4. The van der Waals surface area contributed by atoms with E-state index < -0.39 is 72.1 Å². The van der Waals surface area contributed by atoms with Crippen LogP contribution in [0.3, 0.4) is 0 Å². The van der Waals surface area contributed by atoms with Gasteiger partial charge >= 0.3 is 11.9 Å². The van der Waals surface area contributed by atoms with E-state index in [9.17, 15) is 28.8 Å². The lowest BCUT2D eigenvalue weighted by Gasteiger charge is -2.20. The van der Waals surface area contributed by atoms with Crippen molar-refractivity contribution in [2.75, 3.05) is 6.54 Å². The van der Waals surface area contributed by atoms with Gasteiger partial charge in [-0.05, 0) is 0 Å². The van der Waals surface area contributed by atoms with Crippen molar-refractivity contribution in [1.82, 2.24) is 5.32 Å². The number of nitriles is 1. The molecule has 0 rings (SSSR count). The van der Waals surface area contributed by atoms with Crippen LogP contribution in [-0.2, 0) is 28.8 Å². The lowest BCUT2D eigenvalue weighted by atomic mass is 9.77. The number of carboxylic acid groups (broad SMARTS) is 2. The molecule has 25 heavy (non-hydrogen) atoms. The first kappa shape index (κ1) is 21.4. The molecule has 0 aromatic carbocycles. The van der Waals surface area contributed by atoms with Gasteiger partial charge in [0.25, 0.3) is 0 Å². The quantitative estimate of drug-likeness (QED) is 0.242. The van der Waals surface area contributed by atoms with Gasteiger partial charge in [0.2, 0.25) is 11.8 Å². The normalized spacial score (nSPS) is 12.1. The van der Waals surface area contributed by atoms with Gasteiger partial charge in [-0.3, -0.25) is 24.0 Å². The van der Waals surface area contributed by atoms with Crippen LogP contribution in [0.1, 0.15) is 19.3 Å². The Morgan fingerprint density at radius 1 is 1.08 bits per heavy atom. The number of carboxylic acids is 2. The third kappa shape index (κ3) is 6.22. The molecule has 11 nitrogen and oxygen atoms in total. The zero-order valence-corrected chi connectivity index (χ0v) is 12.9. The number of carbonyl (C=O) groups is 6. The minimum Gasteiger partial charge on any atom is -0.480 e. The fourth-order valence-corrected chi connectivity index (χ4v) is 1.70. The fraction of sp³-hybridized carbons (Fsp3) is 0.357. The van der Waals surface area contributed by atoms with Crippen LogP contribution in [0.4, 0.5) is 0 Å². The second-order valence-corrected chi connectivity index (χ2v) is 4.96. The Labute approximate surface area is 141 Å². The number of hydrogen-bond donors (Lipinski definition) is 4. The van der Waals surface area contributed by atoms with Gasteiger partial charge in [-0.1, -0.05) is 6.58 Å². The smallest absolute Gasteiger partial charge is 0.333 e. The van der Waals surface area contributed by atoms with Crippen LogP contribution in [0.25, 0.3) is 0 Å². The minimum absolute atomic E-state index is 0.570. The van der Waals surface area contributed by atoms with E-state index in [0.29, 0.717) is 0 Å². The standard InChI is InChI=1S/C14H15N3O8/c1-7(12(22)23)14(6-15,13(24)25)4-8(18)3-11(21)17-5-9(19)2-10(16)20/h1-5H2,(H2,16,20)(H,17,21)(H,22,23)(H,24,25). The summed E-state index contributed by atoms with van der Waals surface area (Å²) in [6.07, 6.45) is -2.59. The van der Waals surface area contributed by atoms with Crippen molar-refractivity contribution in [3.63, 3.8) is 0 Å². The van der Waals surface area contributed by atoms with Gasteiger partial charge < -0.3 is 21.3 Å². The summed E-state index contributed by atoms with van der Waals surface area (Å²) in [7, 11) is 0. The van der Waals surface area contributed by atoms with Crippen molar-refractivity contribution in [2.24, 2.45) is 11.1 Å². The number of nitrogens with one attached hydrogen (secondary N) is 1. The predicted octanol–water partition coefficient (Wildman–Crippen LogP) is -1.87. The summed E-state index contributed by atoms with van der Waals surface area (Å²) >= 11 is 0. The van der Waals surface area contributed by atoms with Crippen LogP contribution < -0.4 is 11.1 Å². The van der Waals surface area contributed by atoms with E-state index in [4.69, 9.17) is 21.2 Å². The summed E-state index contributed by atoms with van der Waals surface area (Å²) in [5.74, 6) is -7.30. The summed E-state index contributed by atoms with van der Waals surface area (Å²) in [6.45, 7) is 2.42. The van der Waals surface area contributed by atoms with E-state index in [-0.39, 0.29) is 0 Å². The number of nitrogens with two attached hydrogens (primary N) is 1. The Kier molecular flexibility index (Phi) is 7.65. The van der Waals surface area contributed by atoms with Crippen molar-refractivity contribution < 1.29 is 39.0 Å². The van der Waals surface area contributed by atoms with E-state index in [1.807, 2.05) is 5.32 Å². The first-order valence-electron chi connectivity index (χ1n) is 6.62. The molecule has 0 aromatic rings. The summed E-state index contributed by atoms with van der Waals surface area (Å²) in [5.41, 5.74) is 1.04. The molecule has 0 aromatic heterocycles. The van der Waals surface area contributed by atoms with E-state index in [2.05, 4.69) is 6.58 Å². The maximum atomic E-state index is 11.8. The molecule has 0 aliphatic rings. The highest BCUT2D eigenvalue weighted by Crippen LogP contribution is 2.31. The molecule has 0 aliphatic heterocycles. The maximum absolute atomic E-state index is 11.8. The summed E-state index contributed by atoms with van der Waals surface area (Å²) in [6, 6.07) is 1.23. The number of hydrogen-bond acceptors (Lipinski definition) is 7. The molecule has 0 saturated heterocycles. The van der Waals surface area contributed by atoms with Crippen LogP contribution >= 0.6 is 0 Å². The van der Waals surface area contributed by atoms with Gasteiger partial charge in [-0.25, -0.2) is 4.79 Å². The Morgan fingerprint density at radius 2 is 1.64 bits per heavy atom. The Bertz CT molecular complexity index is 691. The van der Waals surface area contributed by atoms with Crippen molar-refractivity contribution in [1.29, 1.82) is 5.26 Å². The molecule has 0 radical (unpaired) electrons. The number of ketones is 2. The third-order valence-corrected chi connectivity index (χ3v) is 3.00. The molecule has 0 spiro atoms. The molecule has 11 heteroatoms. The molecule has 2 amide bonds. The highest BCUT2D eigenvalue weighted by Gasteiger charge is 2.47. The third-order valence-electron chi connectivity index (χ3n) is 3.00. The summed E-state index contributed by atoms with van der Waals surface area (Å²) < 4.78 is 0. The first-order valence-corrected chi connectivity index (χ1v) is 6.62. The zero-order chi connectivity index (χ0) is 19.8. The zero-order valence-electron chi connectivity index (χ0n) is 12.9. The van der Waals surface area contributed by atoms with Crippen LogP contribution in [0, 0.1) is 16.7 Å². The lowest BCUT2D eigenvalue weighted by molar-refractivity contribution is -0.149. The second-order valence-electron chi connectivity index (χ2n) is 4.96. The molecular formula is C14H15N3O8. The molecule has 5 N–H and O–H groups in total. The van der Waals surface area contributed by atoms with Gasteiger partial charge in [0.1, 0.15) is 5.78 Å². The Hall–Kier alpha value is -3.55. The van der Waals surface area contributed by atoms with Crippen LogP contribution in [0.15, 0.2) is 12.2 Å². The molecule has 1 unspecified atom stereocenters. The Balaban J connectivity index is 4.92. The summed E-state index contributed by atoms with van der Waals surface area (Å²) in [4.78, 5) is 67.2. The monoisotopic (exact) mass is 353 g/mol. The van der Waals surface area contributed by atoms with E-state index >= 15 is 0 Å². The molecule has 134 valence electrons. The van der Waals surface area contributed by atoms with Crippen molar-refractivity contribution in [2.45, 2.75) is 19.3 Å². The maximum Gasteiger partial charge on any atom is 0.333 e. The molecular weight excluding hydrogens is 338 g/mol. The molecule has 0 heterocycles. The number of amides is 2. The molecule has 0 saturated carbocycles. The number of nitrogens with zero attached hydrogens (tertiary/aromatic N) is 1. The van der Waals surface area contributed by atoms with Crippen molar-refractivity contribution in [3.05, 3.63) is 12.2 Å². The number of carbonyl (C=O) groups excluding carboxylic acids is 4. The van der Waals surface area contributed by atoms with Crippen LogP contribution in [0.2, 0.25) is 0 Å². The summed E-state index contributed by atoms with van der Waals surface area (Å²) in [5, 5.41) is 29.0. The molecule has 0 aliphatic carbocycles. The van der Waals surface area contributed by atoms with Crippen molar-refractivity contribution >= 4 is 35.3 Å². The molecule has 0 fully saturated rings. The first-order chi connectivity index (χ1) is 11.5. The average Bonchev–Trinajstić information content (AvgIpc) is 2.48. The number of primary amides is 1. The number of rotatable bonds is 11. The average molecular weight is 353 g/mol. The van der Waals surface area contributed by atoms with Crippen LogP contribution in [0.5, 0.6) is 0 Å². The van der Waals surface area contributed by atoms with E-state index in [1.165, 1.54) is 6.07 Å². The Morgan fingerprint density at radius 3 is 2.04 bits per heavy atom. The molecule has 0 bridgehead atoms. The highest BCUT2D eigenvalue weighted by molar-refractivity contribution is 6.05. The van der Waals surface area contributed by atoms with Gasteiger partial charge in [-0.2, -0.15) is 5.26 Å². The largest absolute Gasteiger partial charge is 0.480 e. The van der Waals surface area contributed by atoms with Gasteiger partial charge in [-0.15, -0.1) is 0 Å². The van der Waals surface area contributed by atoms with Gasteiger partial charge in [0, 0.05) is 6.42 Å². The van der Waals surface area contributed by atoms with E-state index in [0.717, 1.165) is 0 Å². The fourth-order valence-electron chi connectivity index (χ4n) is 1.70. The SMILES string of the molecule is C=C(C(=O)O)C(C#N)(CC(=O)CC(=O)NCC(=O)CC(N)=O)C(=O)O. The lowest BCUT2D eigenvalue weighted by Crippen LogP contribution is -2.38. The van der Waals surface area contributed by atoms with Crippen molar-refractivity contribution in [3.8, 4) is 6.07 Å². The number of Topliss-reactive ketones (excluding diaryl/α,β-unsaturated/α-hetero) is 2. The van der Waals surface area contributed by atoms with Crippen LogP contribution in [-0.4, -0.2) is 52.1 Å². The van der Waals surface area contributed by atoms with Gasteiger partial charge in [0.05, 0.1) is 31.0 Å². The molecule has 1 atom stereocenters. The second kappa shape index (κ2) is 8.92. The minimum atomic E-state index is -2.72.